The van der Waals surface area contributed by atoms with Gasteiger partial charge in [-0.3, -0.25) is 4.79 Å². The van der Waals surface area contributed by atoms with Gasteiger partial charge in [0.1, 0.15) is 19.0 Å². The molecule has 2 aliphatic rings. The molecule has 1 unspecified atom stereocenters. The largest absolute Gasteiger partial charge is 0.486 e. The van der Waals surface area contributed by atoms with Crippen LogP contribution in [0.3, 0.4) is 0 Å². The van der Waals surface area contributed by atoms with Gasteiger partial charge in [0.15, 0.2) is 11.5 Å². The van der Waals surface area contributed by atoms with Crippen LogP contribution in [0.4, 0.5) is 11.5 Å². The van der Waals surface area contributed by atoms with Gasteiger partial charge in [0, 0.05) is 49.2 Å². The van der Waals surface area contributed by atoms with E-state index in [4.69, 9.17) is 9.47 Å². The highest BCUT2D eigenvalue weighted by Crippen LogP contribution is 2.32. The second kappa shape index (κ2) is 8.65. The van der Waals surface area contributed by atoms with Crippen LogP contribution < -0.4 is 25.0 Å². The maximum atomic E-state index is 12.9. The topological polar surface area (TPSA) is 75.7 Å². The molecule has 0 spiro atoms. The molecule has 7 heteroatoms. The number of ether oxygens (including phenoxy) is 2. The molecule has 2 N–H and O–H groups in total. The van der Waals surface area contributed by atoms with Gasteiger partial charge in [0.2, 0.25) is 0 Å². The number of pyridine rings is 1. The van der Waals surface area contributed by atoms with Crippen molar-refractivity contribution >= 4 is 17.4 Å². The van der Waals surface area contributed by atoms with Crippen LogP contribution in [-0.4, -0.2) is 43.7 Å². The van der Waals surface area contributed by atoms with Crippen LogP contribution >= 0.6 is 0 Å². The first kappa shape index (κ1) is 19.4. The number of carbonyl (C=O) groups excluding carboxylic acids is 1. The number of piperazine rings is 1. The molecule has 2 aliphatic heterocycles. The second-order valence-corrected chi connectivity index (χ2v) is 7.58. The molecule has 0 bridgehead atoms. The van der Waals surface area contributed by atoms with E-state index < -0.39 is 0 Å². The summed E-state index contributed by atoms with van der Waals surface area (Å²) in [5.41, 5.74) is 2.48. The zero-order chi connectivity index (χ0) is 21.0. The molecule has 0 aliphatic carbocycles. The van der Waals surface area contributed by atoms with Crippen LogP contribution in [0.5, 0.6) is 11.5 Å². The molecule has 3 aromatic rings. The monoisotopic (exact) mass is 416 g/mol. The number of hydrogen-bond donors (Lipinski definition) is 2. The third kappa shape index (κ3) is 4.32. The Labute approximate surface area is 181 Å². The van der Waals surface area contributed by atoms with Crippen molar-refractivity contribution in [3.8, 4) is 11.5 Å². The van der Waals surface area contributed by atoms with Crippen molar-refractivity contribution in [2.45, 2.75) is 6.04 Å². The van der Waals surface area contributed by atoms with Crippen LogP contribution in [0.25, 0.3) is 0 Å². The maximum absolute atomic E-state index is 12.9. The predicted molar refractivity (Wildman–Crippen MR) is 119 cm³/mol. The minimum atomic E-state index is -0.185. The minimum Gasteiger partial charge on any atom is -0.486 e. The highest BCUT2D eigenvalue weighted by atomic mass is 16.6. The van der Waals surface area contributed by atoms with E-state index >= 15 is 0 Å². The third-order valence-electron chi connectivity index (χ3n) is 5.51. The Balaban J connectivity index is 1.30. The van der Waals surface area contributed by atoms with Crippen molar-refractivity contribution in [3.05, 3.63) is 78.0 Å². The highest BCUT2D eigenvalue weighted by Gasteiger charge is 2.22. The van der Waals surface area contributed by atoms with Crippen molar-refractivity contribution in [1.82, 2.24) is 10.3 Å². The predicted octanol–water partition coefficient (Wildman–Crippen LogP) is 3.26. The van der Waals surface area contributed by atoms with E-state index in [0.29, 0.717) is 36.0 Å². The minimum absolute atomic E-state index is 0.185. The van der Waals surface area contributed by atoms with Gasteiger partial charge in [0.05, 0.1) is 0 Å². The molecule has 158 valence electrons. The quantitative estimate of drug-likeness (QED) is 0.680. The number of nitrogens with one attached hydrogen (secondary N) is 2. The zero-order valence-electron chi connectivity index (χ0n) is 17.1. The lowest BCUT2D eigenvalue weighted by atomic mass is 10.0. The Hall–Kier alpha value is -3.58. The van der Waals surface area contributed by atoms with Crippen LogP contribution in [-0.2, 0) is 0 Å². The molecule has 3 heterocycles. The van der Waals surface area contributed by atoms with Gasteiger partial charge in [0.25, 0.3) is 5.91 Å². The van der Waals surface area contributed by atoms with Crippen LogP contribution in [0.1, 0.15) is 22.0 Å². The van der Waals surface area contributed by atoms with Crippen LogP contribution in [0.2, 0.25) is 0 Å². The van der Waals surface area contributed by atoms with Gasteiger partial charge in [-0.1, -0.05) is 30.3 Å². The standard InChI is InChI=1S/C24H24N4O3/c29-24(27-19-6-7-21-22(15-19)31-13-12-30-21)18-8-9-26-23(14-18)28-11-10-25-20(16-28)17-4-2-1-3-5-17/h1-9,14-15,20,25H,10-13,16H2,(H,27,29). The van der Waals surface area contributed by atoms with Gasteiger partial charge >= 0.3 is 0 Å². The van der Waals surface area contributed by atoms with E-state index in [1.807, 2.05) is 24.3 Å². The molecule has 1 atom stereocenters. The van der Waals surface area contributed by atoms with E-state index in [-0.39, 0.29) is 11.9 Å². The molecule has 1 saturated heterocycles. The van der Waals surface area contributed by atoms with Crippen LogP contribution in [0.15, 0.2) is 66.9 Å². The normalized spacial score (nSPS) is 17.8. The molecule has 1 fully saturated rings. The Bertz CT molecular complexity index is 1070. The van der Waals surface area contributed by atoms with Crippen LogP contribution in [0, 0.1) is 0 Å². The average molecular weight is 416 g/mol. The van der Waals surface area contributed by atoms with E-state index in [2.05, 4.69) is 44.8 Å². The lowest BCUT2D eigenvalue weighted by Gasteiger charge is -2.34. The van der Waals surface area contributed by atoms with Gasteiger partial charge in [-0.2, -0.15) is 0 Å². The SMILES string of the molecule is O=C(Nc1ccc2c(c1)OCCO2)c1ccnc(N2CCNC(c3ccccc3)C2)c1. The number of nitrogens with zero attached hydrogens (tertiary/aromatic N) is 2. The summed E-state index contributed by atoms with van der Waals surface area (Å²) in [7, 11) is 0. The molecule has 7 nitrogen and oxygen atoms in total. The fourth-order valence-electron chi connectivity index (χ4n) is 3.92. The lowest BCUT2D eigenvalue weighted by Crippen LogP contribution is -2.46. The molecule has 31 heavy (non-hydrogen) atoms. The van der Waals surface area contributed by atoms with Crippen molar-refractivity contribution in [2.24, 2.45) is 0 Å². The zero-order valence-corrected chi connectivity index (χ0v) is 17.1. The maximum Gasteiger partial charge on any atom is 0.255 e. The first-order chi connectivity index (χ1) is 15.3. The Kier molecular flexibility index (Phi) is 5.41. The van der Waals surface area contributed by atoms with E-state index in [0.717, 1.165) is 25.5 Å². The summed E-state index contributed by atoms with van der Waals surface area (Å²) in [5.74, 6) is 1.96. The number of amides is 1. The van der Waals surface area contributed by atoms with Gasteiger partial charge in [-0.05, 0) is 29.8 Å². The van der Waals surface area contributed by atoms with Crippen molar-refractivity contribution < 1.29 is 14.3 Å². The molecular formula is C24H24N4O3. The number of benzene rings is 2. The fraction of sp³-hybridized carbons (Fsp3) is 0.250. The summed E-state index contributed by atoms with van der Waals surface area (Å²) < 4.78 is 11.1. The highest BCUT2D eigenvalue weighted by molar-refractivity contribution is 6.04. The van der Waals surface area contributed by atoms with Crippen molar-refractivity contribution in [1.29, 1.82) is 0 Å². The first-order valence-corrected chi connectivity index (χ1v) is 10.5. The van der Waals surface area contributed by atoms with E-state index in [1.54, 1.807) is 18.3 Å². The van der Waals surface area contributed by atoms with Gasteiger partial charge in [-0.15, -0.1) is 0 Å². The van der Waals surface area contributed by atoms with E-state index in [1.165, 1.54) is 5.56 Å². The molecule has 2 aromatic carbocycles. The summed E-state index contributed by atoms with van der Waals surface area (Å²) in [6, 6.07) is 19.6. The number of fused-ring (bicyclic) bond motifs is 1. The third-order valence-corrected chi connectivity index (χ3v) is 5.51. The van der Waals surface area contributed by atoms with Gasteiger partial charge in [-0.25, -0.2) is 4.98 Å². The Morgan fingerprint density at radius 2 is 1.87 bits per heavy atom. The fourth-order valence-corrected chi connectivity index (χ4v) is 3.92. The van der Waals surface area contributed by atoms with Crippen molar-refractivity contribution in [3.63, 3.8) is 0 Å². The number of carbonyl (C=O) groups is 1. The molecule has 0 radical (unpaired) electrons. The Morgan fingerprint density at radius 1 is 1.03 bits per heavy atom. The number of hydrogen-bond acceptors (Lipinski definition) is 6. The smallest absolute Gasteiger partial charge is 0.255 e. The molecule has 5 rings (SSSR count). The molecule has 1 amide bonds. The Morgan fingerprint density at radius 3 is 2.74 bits per heavy atom. The first-order valence-electron chi connectivity index (χ1n) is 10.5. The number of rotatable bonds is 4. The van der Waals surface area contributed by atoms with Gasteiger partial charge < -0.3 is 25.0 Å². The summed E-state index contributed by atoms with van der Waals surface area (Å²) in [5, 5.41) is 6.50. The van der Waals surface area contributed by atoms with Crippen molar-refractivity contribution in [2.75, 3.05) is 43.1 Å². The summed E-state index contributed by atoms with van der Waals surface area (Å²) in [6.07, 6.45) is 1.69. The summed E-state index contributed by atoms with van der Waals surface area (Å²) >= 11 is 0. The average Bonchev–Trinajstić information content (AvgIpc) is 2.85. The summed E-state index contributed by atoms with van der Waals surface area (Å²) in [6.45, 7) is 3.53. The second-order valence-electron chi connectivity index (χ2n) is 7.58. The molecular weight excluding hydrogens is 392 g/mol. The number of aromatic nitrogens is 1. The lowest BCUT2D eigenvalue weighted by molar-refractivity contribution is 0.102. The summed E-state index contributed by atoms with van der Waals surface area (Å²) in [4.78, 5) is 19.6. The number of anilines is 2. The molecule has 0 saturated carbocycles. The van der Waals surface area contributed by atoms with E-state index in [9.17, 15) is 4.79 Å². The molecule has 1 aromatic heterocycles.